The van der Waals surface area contributed by atoms with Crippen LogP contribution in [0.2, 0.25) is 0 Å². The van der Waals surface area contributed by atoms with Gasteiger partial charge in [0.05, 0.1) is 18.4 Å². The van der Waals surface area contributed by atoms with Crippen LogP contribution in [0.5, 0.6) is 5.75 Å². The van der Waals surface area contributed by atoms with Gasteiger partial charge in [-0.2, -0.15) is 0 Å². The van der Waals surface area contributed by atoms with Crippen LogP contribution >= 0.6 is 0 Å². The van der Waals surface area contributed by atoms with Crippen molar-refractivity contribution in [2.45, 2.75) is 20.8 Å². The molecule has 2 aromatic rings. The summed E-state index contributed by atoms with van der Waals surface area (Å²) in [6, 6.07) is 7.55. The lowest BCUT2D eigenvalue weighted by Gasteiger charge is -2.13. The molecule has 0 bridgehead atoms. The number of carbonyl (C=O) groups is 1. The van der Waals surface area contributed by atoms with Crippen molar-refractivity contribution in [3.63, 3.8) is 0 Å². The average molecular weight is 270 g/mol. The lowest BCUT2D eigenvalue weighted by Crippen LogP contribution is -2.14. The molecule has 0 aliphatic carbocycles. The Hall–Kier alpha value is -2.36. The molecule has 4 heteroatoms. The predicted molar refractivity (Wildman–Crippen MR) is 79.0 cm³/mol. The van der Waals surface area contributed by atoms with Crippen molar-refractivity contribution in [1.29, 1.82) is 0 Å². The van der Waals surface area contributed by atoms with Gasteiger partial charge in [-0.15, -0.1) is 0 Å². The zero-order valence-electron chi connectivity index (χ0n) is 12.2. The molecule has 4 nitrogen and oxygen atoms in total. The van der Waals surface area contributed by atoms with Crippen LogP contribution in [-0.4, -0.2) is 18.0 Å². The third kappa shape index (κ3) is 2.50. The van der Waals surface area contributed by atoms with Gasteiger partial charge in [-0.3, -0.25) is 9.78 Å². The first-order chi connectivity index (χ1) is 9.43. The van der Waals surface area contributed by atoms with Gasteiger partial charge in [0.25, 0.3) is 5.91 Å². The van der Waals surface area contributed by atoms with Gasteiger partial charge in [-0.1, -0.05) is 11.6 Å². The van der Waals surface area contributed by atoms with E-state index in [4.69, 9.17) is 10.5 Å². The molecule has 0 atom stereocenters. The lowest BCUT2D eigenvalue weighted by molar-refractivity contribution is 0.100. The second kappa shape index (κ2) is 5.33. The first kappa shape index (κ1) is 14.1. The molecule has 0 saturated carbocycles. The monoisotopic (exact) mass is 270 g/mol. The van der Waals surface area contributed by atoms with Crippen LogP contribution < -0.4 is 10.5 Å². The number of rotatable bonds is 3. The van der Waals surface area contributed by atoms with Crippen LogP contribution in [0.15, 0.2) is 24.3 Å². The Kier molecular flexibility index (Phi) is 3.74. The molecule has 0 fully saturated rings. The Balaban J connectivity index is 2.77. The van der Waals surface area contributed by atoms with Crippen molar-refractivity contribution in [2.24, 2.45) is 5.73 Å². The molecule has 1 amide bonds. The molecule has 1 aromatic carbocycles. The van der Waals surface area contributed by atoms with E-state index >= 15 is 0 Å². The van der Waals surface area contributed by atoms with Crippen molar-refractivity contribution >= 4 is 5.91 Å². The van der Waals surface area contributed by atoms with E-state index in [9.17, 15) is 4.79 Å². The third-order valence-electron chi connectivity index (χ3n) is 3.34. The molecule has 0 unspecified atom stereocenters. The highest BCUT2D eigenvalue weighted by Gasteiger charge is 2.17. The predicted octanol–water partition coefficient (Wildman–Crippen LogP) is 2.78. The zero-order chi connectivity index (χ0) is 14.9. The minimum atomic E-state index is -0.487. The van der Waals surface area contributed by atoms with E-state index in [0.717, 1.165) is 22.4 Å². The van der Waals surface area contributed by atoms with E-state index in [1.165, 1.54) is 0 Å². The van der Waals surface area contributed by atoms with Crippen LogP contribution in [-0.2, 0) is 0 Å². The Morgan fingerprint density at radius 2 is 1.90 bits per heavy atom. The van der Waals surface area contributed by atoms with E-state index in [0.29, 0.717) is 17.0 Å². The lowest BCUT2D eigenvalue weighted by atomic mass is 10.00. The molecule has 2 rings (SSSR count). The average Bonchev–Trinajstić information content (AvgIpc) is 2.41. The highest BCUT2D eigenvalue weighted by Crippen LogP contribution is 2.32. The summed E-state index contributed by atoms with van der Waals surface area (Å²) in [5, 5.41) is 0. The molecule has 0 radical (unpaired) electrons. The van der Waals surface area contributed by atoms with Gasteiger partial charge < -0.3 is 10.5 Å². The minimum Gasteiger partial charge on any atom is -0.496 e. The van der Waals surface area contributed by atoms with Gasteiger partial charge in [0.2, 0.25) is 0 Å². The fourth-order valence-electron chi connectivity index (χ4n) is 2.11. The molecular weight excluding hydrogens is 252 g/mol. The topological polar surface area (TPSA) is 65.2 Å². The number of amides is 1. The maximum absolute atomic E-state index is 11.7. The summed E-state index contributed by atoms with van der Waals surface area (Å²) in [4.78, 5) is 16.2. The minimum absolute atomic E-state index is 0.414. The fourth-order valence-corrected chi connectivity index (χ4v) is 2.11. The number of benzene rings is 1. The molecule has 0 saturated heterocycles. The number of aromatic nitrogens is 1. The summed E-state index contributed by atoms with van der Waals surface area (Å²) in [6.07, 6.45) is 0. The van der Waals surface area contributed by atoms with Crippen LogP contribution in [0.1, 0.15) is 27.2 Å². The smallest absolute Gasteiger partial charge is 0.250 e. The largest absolute Gasteiger partial charge is 0.496 e. The normalized spacial score (nSPS) is 10.4. The number of methoxy groups -OCH3 is 1. The van der Waals surface area contributed by atoms with Gasteiger partial charge in [0, 0.05) is 11.3 Å². The summed E-state index contributed by atoms with van der Waals surface area (Å²) < 4.78 is 5.37. The van der Waals surface area contributed by atoms with E-state index in [2.05, 4.69) is 4.98 Å². The highest BCUT2D eigenvalue weighted by molar-refractivity contribution is 5.99. The number of aryl methyl sites for hydroxylation is 3. The van der Waals surface area contributed by atoms with E-state index in [1.54, 1.807) is 13.2 Å². The molecule has 0 aliphatic heterocycles. The van der Waals surface area contributed by atoms with Gasteiger partial charge >= 0.3 is 0 Å². The van der Waals surface area contributed by atoms with Crippen LogP contribution in [0.25, 0.3) is 11.3 Å². The van der Waals surface area contributed by atoms with Gasteiger partial charge in [0.15, 0.2) is 0 Å². The Morgan fingerprint density at radius 1 is 1.20 bits per heavy atom. The van der Waals surface area contributed by atoms with Crippen molar-refractivity contribution in [1.82, 2.24) is 4.98 Å². The second-order valence-electron chi connectivity index (χ2n) is 4.85. The quantitative estimate of drug-likeness (QED) is 0.932. The number of nitrogens with two attached hydrogens (primary N) is 1. The number of primary amides is 1. The Morgan fingerprint density at radius 3 is 2.50 bits per heavy atom. The number of hydrogen-bond donors (Lipinski definition) is 1. The van der Waals surface area contributed by atoms with Gasteiger partial charge in [-0.05, 0) is 44.5 Å². The van der Waals surface area contributed by atoms with E-state index in [-0.39, 0.29) is 0 Å². The summed E-state index contributed by atoms with van der Waals surface area (Å²) in [6.45, 7) is 5.80. The van der Waals surface area contributed by atoms with Crippen LogP contribution in [0.3, 0.4) is 0 Å². The molecule has 2 N–H and O–H groups in total. The van der Waals surface area contributed by atoms with Crippen LogP contribution in [0.4, 0.5) is 0 Å². The molecule has 104 valence electrons. The number of hydrogen-bond acceptors (Lipinski definition) is 3. The summed E-state index contributed by atoms with van der Waals surface area (Å²) in [5.41, 5.74) is 10.1. The molecular formula is C16H18N2O2. The molecule has 1 aromatic heterocycles. The molecule has 20 heavy (non-hydrogen) atoms. The van der Waals surface area contributed by atoms with E-state index < -0.39 is 5.91 Å². The van der Waals surface area contributed by atoms with E-state index in [1.807, 2.05) is 39.0 Å². The molecule has 0 spiro atoms. The second-order valence-corrected chi connectivity index (χ2v) is 4.85. The first-order valence-electron chi connectivity index (χ1n) is 6.37. The first-order valence-corrected chi connectivity index (χ1v) is 6.37. The summed E-state index contributed by atoms with van der Waals surface area (Å²) in [7, 11) is 1.60. The van der Waals surface area contributed by atoms with Crippen molar-refractivity contribution < 1.29 is 9.53 Å². The highest BCUT2D eigenvalue weighted by atomic mass is 16.5. The van der Waals surface area contributed by atoms with Crippen molar-refractivity contribution in [3.05, 3.63) is 46.6 Å². The number of carbonyl (C=O) groups excluding carboxylic acids is 1. The SMILES string of the molecule is COc1ccc(C)cc1-c1nc(C)c(C)cc1C(N)=O. The van der Waals surface area contributed by atoms with Crippen LogP contribution in [0, 0.1) is 20.8 Å². The number of nitrogens with zero attached hydrogens (tertiary/aromatic N) is 1. The zero-order valence-corrected chi connectivity index (χ0v) is 12.2. The summed E-state index contributed by atoms with van der Waals surface area (Å²) >= 11 is 0. The molecule has 1 heterocycles. The summed E-state index contributed by atoms with van der Waals surface area (Å²) in [5.74, 6) is 0.188. The standard InChI is InChI=1S/C16H18N2O2/c1-9-5-6-14(20-4)12(7-9)15-13(16(17)19)8-10(2)11(3)18-15/h5-8H,1-4H3,(H2,17,19). The Bertz CT molecular complexity index is 678. The van der Waals surface area contributed by atoms with Gasteiger partial charge in [-0.25, -0.2) is 0 Å². The van der Waals surface area contributed by atoms with Crippen molar-refractivity contribution in [3.8, 4) is 17.0 Å². The third-order valence-corrected chi connectivity index (χ3v) is 3.34. The maximum atomic E-state index is 11.7. The van der Waals surface area contributed by atoms with Gasteiger partial charge in [0.1, 0.15) is 5.75 Å². The number of ether oxygens (including phenoxy) is 1. The maximum Gasteiger partial charge on any atom is 0.250 e. The molecule has 0 aliphatic rings. The number of pyridine rings is 1. The Labute approximate surface area is 118 Å². The fraction of sp³-hybridized carbons (Fsp3) is 0.250. The van der Waals surface area contributed by atoms with Crippen molar-refractivity contribution in [2.75, 3.05) is 7.11 Å².